The number of hydrogen-bond donors (Lipinski definition) is 1. The van der Waals surface area contributed by atoms with Crippen LogP contribution in [-0.2, 0) is 0 Å². The Hall–Kier alpha value is -1.38. The van der Waals surface area contributed by atoms with Gasteiger partial charge < -0.3 is 0 Å². The fourth-order valence-electron chi connectivity index (χ4n) is 1.49. The van der Waals surface area contributed by atoms with Crippen LogP contribution in [0.3, 0.4) is 0 Å². The van der Waals surface area contributed by atoms with Gasteiger partial charge in [0.25, 0.3) is 0 Å². The monoisotopic (exact) mass is 164 g/mol. The highest BCUT2D eigenvalue weighted by molar-refractivity contribution is 5.82. The molecule has 1 aromatic heterocycles. The molecule has 0 radical (unpaired) electrons. The van der Waals surface area contributed by atoms with Gasteiger partial charge in [0.2, 0.25) is 5.95 Å². The van der Waals surface area contributed by atoms with Crippen molar-refractivity contribution in [1.29, 1.82) is 0 Å². The normalized spacial score (nSPS) is 10.9. The Kier molecular flexibility index (Phi) is 1.40. The zero-order chi connectivity index (χ0) is 8.72. The zero-order valence-corrected chi connectivity index (χ0v) is 6.98. The molecular formula is C9H9FN2. The number of aryl methyl sites for hydroxylation is 2. The van der Waals surface area contributed by atoms with Crippen LogP contribution in [0.15, 0.2) is 12.1 Å². The van der Waals surface area contributed by atoms with E-state index in [1.54, 1.807) is 0 Å². The van der Waals surface area contributed by atoms with Crippen molar-refractivity contribution in [3.05, 3.63) is 29.2 Å². The summed E-state index contributed by atoms with van der Waals surface area (Å²) in [5.41, 5.74) is 2.81. The number of rotatable bonds is 0. The smallest absolute Gasteiger partial charge is 0.240 e. The quantitative estimate of drug-likeness (QED) is 0.636. The molecule has 0 aliphatic heterocycles. The summed E-state index contributed by atoms with van der Waals surface area (Å²) in [6.07, 6.45) is 0. The highest BCUT2D eigenvalue weighted by Crippen LogP contribution is 2.20. The maximum absolute atomic E-state index is 13.0. The molecule has 1 aromatic carbocycles. The fourth-order valence-corrected chi connectivity index (χ4v) is 1.49. The molecule has 62 valence electrons. The highest BCUT2D eigenvalue weighted by atomic mass is 19.1. The molecule has 2 aromatic rings. The molecule has 0 unspecified atom stereocenters. The topological polar surface area (TPSA) is 28.7 Å². The van der Waals surface area contributed by atoms with Gasteiger partial charge in [-0.2, -0.15) is 4.39 Å². The third kappa shape index (κ3) is 0.897. The van der Waals surface area contributed by atoms with E-state index in [0.717, 1.165) is 16.6 Å². The number of aromatic nitrogens is 2. The summed E-state index contributed by atoms with van der Waals surface area (Å²) in [7, 11) is 0. The lowest BCUT2D eigenvalue weighted by molar-refractivity contribution is 0.588. The number of benzene rings is 1. The molecule has 0 fully saturated rings. The molecule has 0 aliphatic rings. The lowest BCUT2D eigenvalue weighted by Gasteiger charge is -1.96. The van der Waals surface area contributed by atoms with E-state index in [2.05, 4.69) is 10.2 Å². The summed E-state index contributed by atoms with van der Waals surface area (Å²) in [6, 6.07) is 3.83. The van der Waals surface area contributed by atoms with E-state index in [1.807, 2.05) is 26.0 Å². The molecule has 1 N–H and O–H groups in total. The molecule has 0 atom stereocenters. The second-order valence-corrected chi connectivity index (χ2v) is 3.02. The first-order valence-electron chi connectivity index (χ1n) is 3.79. The molecule has 0 saturated heterocycles. The highest BCUT2D eigenvalue weighted by Gasteiger charge is 2.06. The Morgan fingerprint density at radius 2 is 2.08 bits per heavy atom. The van der Waals surface area contributed by atoms with Crippen LogP contribution in [-0.4, -0.2) is 10.2 Å². The number of hydrogen-bond acceptors (Lipinski definition) is 1. The largest absolute Gasteiger partial charge is 0.275 e. The molecule has 2 nitrogen and oxygen atoms in total. The van der Waals surface area contributed by atoms with E-state index in [1.165, 1.54) is 0 Å². The summed E-state index contributed by atoms with van der Waals surface area (Å²) in [5, 5.41) is 6.75. The first kappa shape index (κ1) is 7.28. The Bertz CT molecular complexity index is 431. The maximum atomic E-state index is 13.0. The maximum Gasteiger partial charge on any atom is 0.240 e. The van der Waals surface area contributed by atoms with Crippen molar-refractivity contribution in [1.82, 2.24) is 10.2 Å². The van der Waals surface area contributed by atoms with Crippen LogP contribution in [0.4, 0.5) is 4.39 Å². The molecule has 0 amide bonds. The predicted octanol–water partition coefficient (Wildman–Crippen LogP) is 2.32. The van der Waals surface area contributed by atoms with E-state index in [9.17, 15) is 4.39 Å². The van der Waals surface area contributed by atoms with E-state index in [0.29, 0.717) is 5.39 Å². The average Bonchev–Trinajstić information content (AvgIpc) is 2.31. The fraction of sp³-hybridized carbons (Fsp3) is 0.222. The van der Waals surface area contributed by atoms with E-state index >= 15 is 0 Å². The van der Waals surface area contributed by atoms with Crippen LogP contribution in [0.5, 0.6) is 0 Å². The van der Waals surface area contributed by atoms with E-state index < -0.39 is 5.95 Å². The first-order valence-corrected chi connectivity index (χ1v) is 3.79. The van der Waals surface area contributed by atoms with Gasteiger partial charge in [0.1, 0.15) is 0 Å². The first-order chi connectivity index (χ1) is 5.68. The predicted molar refractivity (Wildman–Crippen MR) is 45.5 cm³/mol. The van der Waals surface area contributed by atoms with Gasteiger partial charge in [-0.25, -0.2) is 0 Å². The number of aromatic amines is 1. The van der Waals surface area contributed by atoms with Crippen molar-refractivity contribution in [3.63, 3.8) is 0 Å². The number of nitrogens with zero attached hydrogens (tertiary/aromatic N) is 1. The van der Waals surface area contributed by atoms with Crippen LogP contribution in [0, 0.1) is 19.8 Å². The Labute approximate surface area is 69.4 Å². The molecule has 0 spiro atoms. The van der Waals surface area contributed by atoms with Gasteiger partial charge in [0.05, 0.1) is 10.9 Å². The number of H-pyrrole nitrogens is 1. The minimum absolute atomic E-state index is 0.414. The minimum Gasteiger partial charge on any atom is -0.275 e. The van der Waals surface area contributed by atoms with Gasteiger partial charge in [-0.1, -0.05) is 6.07 Å². The van der Waals surface area contributed by atoms with Crippen molar-refractivity contribution in [3.8, 4) is 0 Å². The third-order valence-corrected chi connectivity index (χ3v) is 1.96. The van der Waals surface area contributed by atoms with Crippen molar-refractivity contribution >= 4 is 10.9 Å². The van der Waals surface area contributed by atoms with Crippen LogP contribution < -0.4 is 0 Å². The van der Waals surface area contributed by atoms with Crippen molar-refractivity contribution in [2.45, 2.75) is 13.8 Å². The molecule has 3 heteroatoms. The summed E-state index contributed by atoms with van der Waals surface area (Å²) < 4.78 is 13.0. The molecular weight excluding hydrogens is 155 g/mol. The summed E-state index contributed by atoms with van der Waals surface area (Å²) in [5.74, 6) is -0.414. The Morgan fingerprint density at radius 1 is 1.33 bits per heavy atom. The summed E-state index contributed by atoms with van der Waals surface area (Å²) in [6.45, 7) is 3.86. The molecule has 0 saturated carbocycles. The SMILES string of the molecule is Cc1cc(C)c2c(F)n[nH]c2c1. The van der Waals surface area contributed by atoms with Crippen LogP contribution in [0.2, 0.25) is 0 Å². The van der Waals surface area contributed by atoms with Crippen molar-refractivity contribution in [2.24, 2.45) is 0 Å². The van der Waals surface area contributed by atoms with Crippen molar-refractivity contribution in [2.75, 3.05) is 0 Å². The van der Waals surface area contributed by atoms with Gasteiger partial charge >= 0.3 is 0 Å². The van der Waals surface area contributed by atoms with E-state index in [-0.39, 0.29) is 0 Å². The molecule has 2 rings (SSSR count). The third-order valence-electron chi connectivity index (χ3n) is 1.96. The number of halogens is 1. The molecule has 0 aliphatic carbocycles. The lowest BCUT2D eigenvalue weighted by Crippen LogP contribution is -1.80. The summed E-state index contributed by atoms with van der Waals surface area (Å²) >= 11 is 0. The molecule has 0 bridgehead atoms. The van der Waals surface area contributed by atoms with Gasteiger partial charge in [-0.3, -0.25) is 5.10 Å². The second-order valence-electron chi connectivity index (χ2n) is 3.02. The zero-order valence-electron chi connectivity index (χ0n) is 6.98. The summed E-state index contributed by atoms with van der Waals surface area (Å²) in [4.78, 5) is 0. The number of nitrogens with one attached hydrogen (secondary N) is 1. The molecule has 12 heavy (non-hydrogen) atoms. The van der Waals surface area contributed by atoms with Gasteiger partial charge in [-0.15, -0.1) is 5.10 Å². The minimum atomic E-state index is -0.414. The number of fused-ring (bicyclic) bond motifs is 1. The Balaban J connectivity index is 2.93. The molecule has 1 heterocycles. The van der Waals surface area contributed by atoms with Gasteiger partial charge in [-0.05, 0) is 31.0 Å². The van der Waals surface area contributed by atoms with Crippen LogP contribution >= 0.6 is 0 Å². The van der Waals surface area contributed by atoms with Crippen LogP contribution in [0.1, 0.15) is 11.1 Å². The average molecular weight is 164 g/mol. The van der Waals surface area contributed by atoms with Gasteiger partial charge in [0, 0.05) is 0 Å². The van der Waals surface area contributed by atoms with Gasteiger partial charge in [0.15, 0.2) is 0 Å². The standard InChI is InChI=1S/C9H9FN2/c1-5-3-6(2)8-7(4-5)11-12-9(8)10/h3-4H,1-2H3,(H,11,12). The van der Waals surface area contributed by atoms with Crippen LogP contribution in [0.25, 0.3) is 10.9 Å². The lowest BCUT2D eigenvalue weighted by atomic mass is 10.1. The van der Waals surface area contributed by atoms with E-state index in [4.69, 9.17) is 0 Å². The Morgan fingerprint density at radius 3 is 2.83 bits per heavy atom. The second kappa shape index (κ2) is 2.30. The van der Waals surface area contributed by atoms with Crippen molar-refractivity contribution < 1.29 is 4.39 Å².